The number of amides is 1. The van der Waals surface area contributed by atoms with Crippen molar-refractivity contribution in [2.24, 2.45) is 5.14 Å². The number of nitrogens with two attached hydrogens (primary N) is 1. The van der Waals surface area contributed by atoms with Crippen molar-refractivity contribution in [3.8, 4) is 0 Å². The number of benzene rings is 1. The summed E-state index contributed by atoms with van der Waals surface area (Å²) < 4.78 is 22.1. The number of carbonyl (C=O) groups is 1. The number of hydrogen-bond donors (Lipinski definition) is 2. The normalized spacial score (nSPS) is 11.2. The van der Waals surface area contributed by atoms with Crippen molar-refractivity contribution in [2.75, 3.05) is 12.3 Å². The van der Waals surface area contributed by atoms with Crippen LogP contribution in [0.1, 0.15) is 16.8 Å². The Hall–Kier alpha value is -0.920. The molecule has 0 atom stereocenters. The zero-order valence-electron chi connectivity index (χ0n) is 9.02. The third-order valence-electron chi connectivity index (χ3n) is 1.98. The number of carbonyl (C=O) groups excluding carboxylic acids is 1. The second-order valence-electron chi connectivity index (χ2n) is 3.49. The summed E-state index contributed by atoms with van der Waals surface area (Å²) >= 11 is 3.26. The van der Waals surface area contributed by atoms with Crippen molar-refractivity contribution in [2.45, 2.75) is 6.42 Å². The van der Waals surface area contributed by atoms with E-state index in [1.807, 2.05) is 6.07 Å². The van der Waals surface area contributed by atoms with Crippen molar-refractivity contribution in [3.05, 3.63) is 34.3 Å². The lowest BCUT2D eigenvalue weighted by Gasteiger charge is -2.04. The van der Waals surface area contributed by atoms with Gasteiger partial charge in [0.05, 0.1) is 5.75 Å². The van der Waals surface area contributed by atoms with Gasteiger partial charge in [-0.25, -0.2) is 13.6 Å². The lowest BCUT2D eigenvalue weighted by molar-refractivity contribution is 0.0953. The van der Waals surface area contributed by atoms with Gasteiger partial charge in [-0.05, 0) is 24.6 Å². The molecule has 94 valence electrons. The minimum atomic E-state index is -3.45. The summed E-state index contributed by atoms with van der Waals surface area (Å²) in [5, 5.41) is 7.46. The molecule has 0 aliphatic carbocycles. The molecule has 7 heteroatoms. The van der Waals surface area contributed by atoms with Crippen LogP contribution in [0, 0.1) is 0 Å². The zero-order chi connectivity index (χ0) is 12.9. The summed E-state index contributed by atoms with van der Waals surface area (Å²) in [6, 6.07) is 6.94. The minimum absolute atomic E-state index is 0.133. The molecule has 5 nitrogen and oxygen atoms in total. The third-order valence-corrected chi connectivity index (χ3v) is 3.33. The van der Waals surface area contributed by atoms with Crippen LogP contribution in [-0.2, 0) is 10.0 Å². The van der Waals surface area contributed by atoms with E-state index < -0.39 is 10.0 Å². The number of nitrogens with one attached hydrogen (secondary N) is 1. The molecule has 1 rings (SSSR count). The molecule has 0 unspecified atom stereocenters. The molecule has 17 heavy (non-hydrogen) atoms. The molecule has 0 fully saturated rings. The maximum atomic E-state index is 11.6. The van der Waals surface area contributed by atoms with Crippen LogP contribution in [0.15, 0.2) is 28.7 Å². The molecule has 0 saturated carbocycles. The largest absolute Gasteiger partial charge is 0.352 e. The van der Waals surface area contributed by atoms with Gasteiger partial charge < -0.3 is 5.32 Å². The molecular weight excluding hydrogens is 308 g/mol. The van der Waals surface area contributed by atoms with Crippen molar-refractivity contribution in [1.29, 1.82) is 0 Å². The van der Waals surface area contributed by atoms with Crippen LogP contribution in [0.3, 0.4) is 0 Å². The van der Waals surface area contributed by atoms with Gasteiger partial charge in [-0.2, -0.15) is 0 Å². The molecule has 1 aromatic carbocycles. The Kier molecular flexibility index (Phi) is 5.10. The molecular formula is C10H13BrN2O3S. The van der Waals surface area contributed by atoms with Gasteiger partial charge in [0.25, 0.3) is 5.91 Å². The first-order valence-corrected chi connectivity index (χ1v) is 7.43. The average molecular weight is 321 g/mol. The van der Waals surface area contributed by atoms with E-state index in [9.17, 15) is 13.2 Å². The van der Waals surface area contributed by atoms with Crippen molar-refractivity contribution in [1.82, 2.24) is 5.32 Å². The fourth-order valence-corrected chi connectivity index (χ4v) is 2.15. The Morgan fingerprint density at radius 3 is 2.71 bits per heavy atom. The highest BCUT2D eigenvalue weighted by Gasteiger charge is 2.06. The third kappa shape index (κ3) is 5.81. The van der Waals surface area contributed by atoms with Crippen LogP contribution < -0.4 is 10.5 Å². The fourth-order valence-electron chi connectivity index (χ4n) is 1.21. The van der Waals surface area contributed by atoms with Gasteiger partial charge in [-0.3, -0.25) is 4.79 Å². The highest BCUT2D eigenvalue weighted by molar-refractivity contribution is 9.10. The summed E-state index contributed by atoms with van der Waals surface area (Å²) in [7, 11) is -3.45. The number of primary sulfonamides is 1. The highest BCUT2D eigenvalue weighted by Crippen LogP contribution is 2.11. The number of halogens is 1. The summed E-state index contributed by atoms with van der Waals surface area (Å²) in [6.45, 7) is 0.280. The van der Waals surface area contributed by atoms with E-state index in [1.165, 1.54) is 0 Å². The highest BCUT2D eigenvalue weighted by atomic mass is 79.9. The molecule has 0 aliphatic rings. The van der Waals surface area contributed by atoms with Gasteiger partial charge in [0.15, 0.2) is 0 Å². The first-order valence-electron chi connectivity index (χ1n) is 4.93. The predicted molar refractivity (Wildman–Crippen MR) is 69.1 cm³/mol. The van der Waals surface area contributed by atoms with E-state index in [1.54, 1.807) is 18.2 Å². The van der Waals surface area contributed by atoms with E-state index in [0.717, 1.165) is 4.47 Å². The van der Waals surface area contributed by atoms with Gasteiger partial charge in [0, 0.05) is 16.6 Å². The standard InChI is InChI=1S/C10H13BrN2O3S/c11-9-4-1-3-8(7-9)10(14)13-5-2-6-17(12,15)16/h1,3-4,7H,2,5-6H2,(H,13,14)(H2,12,15,16). The summed E-state index contributed by atoms with van der Waals surface area (Å²) in [5.74, 6) is -0.369. The summed E-state index contributed by atoms with van der Waals surface area (Å²) in [4.78, 5) is 11.6. The van der Waals surface area contributed by atoms with Crippen LogP contribution in [-0.4, -0.2) is 26.6 Å². The van der Waals surface area contributed by atoms with E-state index in [-0.39, 0.29) is 18.2 Å². The number of sulfonamides is 1. The van der Waals surface area contributed by atoms with Crippen molar-refractivity contribution < 1.29 is 13.2 Å². The molecule has 0 aliphatic heterocycles. The van der Waals surface area contributed by atoms with Crippen LogP contribution in [0.4, 0.5) is 0 Å². The van der Waals surface area contributed by atoms with Gasteiger partial charge in [-0.15, -0.1) is 0 Å². The first kappa shape index (κ1) is 14.1. The Labute approximate surface area is 109 Å². The van der Waals surface area contributed by atoms with E-state index >= 15 is 0 Å². The smallest absolute Gasteiger partial charge is 0.251 e. The topological polar surface area (TPSA) is 89.3 Å². The molecule has 1 aromatic rings. The zero-order valence-corrected chi connectivity index (χ0v) is 11.4. The SMILES string of the molecule is NS(=O)(=O)CCCNC(=O)c1cccc(Br)c1. The number of rotatable bonds is 5. The molecule has 0 bridgehead atoms. The first-order chi connectivity index (χ1) is 7.88. The molecule has 0 heterocycles. The quantitative estimate of drug-likeness (QED) is 0.788. The van der Waals surface area contributed by atoms with E-state index in [0.29, 0.717) is 12.0 Å². The Balaban J connectivity index is 2.41. The average Bonchev–Trinajstić information content (AvgIpc) is 2.23. The molecule has 0 aromatic heterocycles. The molecule has 3 N–H and O–H groups in total. The van der Waals surface area contributed by atoms with Crippen LogP contribution in [0.25, 0.3) is 0 Å². The van der Waals surface area contributed by atoms with Gasteiger partial charge in [-0.1, -0.05) is 22.0 Å². The van der Waals surface area contributed by atoms with E-state index in [4.69, 9.17) is 5.14 Å². The maximum absolute atomic E-state index is 11.6. The summed E-state index contributed by atoms with van der Waals surface area (Å²) in [6.07, 6.45) is 0.304. The minimum Gasteiger partial charge on any atom is -0.352 e. The monoisotopic (exact) mass is 320 g/mol. The van der Waals surface area contributed by atoms with Crippen molar-refractivity contribution in [3.63, 3.8) is 0 Å². The second kappa shape index (κ2) is 6.13. The lowest BCUT2D eigenvalue weighted by atomic mass is 10.2. The van der Waals surface area contributed by atoms with Gasteiger partial charge >= 0.3 is 0 Å². The Morgan fingerprint density at radius 2 is 2.12 bits per heavy atom. The van der Waals surface area contributed by atoms with Crippen LogP contribution in [0.2, 0.25) is 0 Å². The predicted octanol–water partition coefficient (Wildman–Crippen LogP) is 0.858. The molecule has 1 amide bonds. The van der Waals surface area contributed by atoms with E-state index in [2.05, 4.69) is 21.2 Å². The fraction of sp³-hybridized carbons (Fsp3) is 0.300. The van der Waals surface area contributed by atoms with Crippen LogP contribution >= 0.6 is 15.9 Å². The van der Waals surface area contributed by atoms with Gasteiger partial charge in [0.1, 0.15) is 0 Å². The van der Waals surface area contributed by atoms with Crippen LogP contribution in [0.5, 0.6) is 0 Å². The maximum Gasteiger partial charge on any atom is 0.251 e. The second-order valence-corrected chi connectivity index (χ2v) is 6.14. The number of hydrogen-bond acceptors (Lipinski definition) is 3. The molecule has 0 radical (unpaired) electrons. The van der Waals surface area contributed by atoms with Crippen molar-refractivity contribution >= 4 is 31.9 Å². The lowest BCUT2D eigenvalue weighted by Crippen LogP contribution is -2.27. The Bertz CT molecular complexity index is 502. The molecule has 0 saturated heterocycles. The molecule has 0 spiro atoms. The summed E-state index contributed by atoms with van der Waals surface area (Å²) in [5.41, 5.74) is 0.523. The Morgan fingerprint density at radius 1 is 1.41 bits per heavy atom. The van der Waals surface area contributed by atoms with Gasteiger partial charge in [0.2, 0.25) is 10.0 Å².